The van der Waals surface area contributed by atoms with Crippen LogP contribution in [0.25, 0.3) is 0 Å². The Hall–Kier alpha value is -0.515. The highest BCUT2D eigenvalue weighted by atomic mass is 79.9. The number of rotatable bonds is 2. The van der Waals surface area contributed by atoms with E-state index in [1.165, 1.54) is 7.11 Å². The molecule has 0 aliphatic carbocycles. The molecule has 1 aromatic carbocycles. The van der Waals surface area contributed by atoms with Gasteiger partial charge in [-0.2, -0.15) is 0 Å². The lowest BCUT2D eigenvalue weighted by molar-refractivity contribution is 0.411. The number of ether oxygens (including phenoxy) is 1. The molecule has 13 heavy (non-hydrogen) atoms. The first kappa shape index (κ1) is 10.6. The molecule has 0 spiro atoms. The molecule has 0 aromatic heterocycles. The SMILES string of the molecule is COc1cc(Br)c(C)c(B(O)O)c1. The molecule has 5 heteroatoms. The molecule has 0 saturated heterocycles. The zero-order valence-corrected chi connectivity index (χ0v) is 9.00. The summed E-state index contributed by atoms with van der Waals surface area (Å²) < 4.78 is 5.79. The third kappa shape index (κ3) is 2.24. The summed E-state index contributed by atoms with van der Waals surface area (Å²) in [5.41, 5.74) is 1.25. The fourth-order valence-corrected chi connectivity index (χ4v) is 1.51. The van der Waals surface area contributed by atoms with E-state index in [0.29, 0.717) is 11.2 Å². The minimum atomic E-state index is -1.47. The summed E-state index contributed by atoms with van der Waals surface area (Å²) in [6.45, 7) is 1.80. The molecule has 0 fully saturated rings. The van der Waals surface area contributed by atoms with E-state index in [1.807, 2.05) is 0 Å². The average molecular weight is 245 g/mol. The van der Waals surface area contributed by atoms with Crippen LogP contribution < -0.4 is 10.2 Å². The molecule has 1 rings (SSSR count). The highest BCUT2D eigenvalue weighted by Gasteiger charge is 2.16. The largest absolute Gasteiger partial charge is 0.497 e. The van der Waals surface area contributed by atoms with Gasteiger partial charge in [0.2, 0.25) is 0 Å². The molecule has 0 bridgehead atoms. The summed E-state index contributed by atoms with van der Waals surface area (Å²) in [6, 6.07) is 3.38. The summed E-state index contributed by atoms with van der Waals surface area (Å²) in [4.78, 5) is 0. The van der Waals surface area contributed by atoms with Crippen molar-refractivity contribution < 1.29 is 14.8 Å². The van der Waals surface area contributed by atoms with Gasteiger partial charge < -0.3 is 14.8 Å². The van der Waals surface area contributed by atoms with Gasteiger partial charge in [-0.1, -0.05) is 15.9 Å². The molecule has 0 radical (unpaired) electrons. The van der Waals surface area contributed by atoms with Crippen LogP contribution in [-0.2, 0) is 0 Å². The number of hydrogen-bond acceptors (Lipinski definition) is 3. The number of halogens is 1. The molecule has 0 atom stereocenters. The second-order valence-corrected chi connectivity index (χ2v) is 3.55. The molecule has 0 unspecified atom stereocenters. The van der Waals surface area contributed by atoms with Gasteiger partial charge in [0.05, 0.1) is 7.11 Å². The average Bonchev–Trinajstić information content (AvgIpc) is 2.09. The van der Waals surface area contributed by atoms with Crippen LogP contribution in [0.3, 0.4) is 0 Å². The van der Waals surface area contributed by atoms with Crippen molar-refractivity contribution in [1.29, 1.82) is 0 Å². The normalized spacial score (nSPS) is 9.92. The van der Waals surface area contributed by atoms with Crippen LogP contribution in [-0.4, -0.2) is 24.3 Å². The fraction of sp³-hybridized carbons (Fsp3) is 0.250. The molecule has 0 aliphatic rings. The van der Waals surface area contributed by atoms with Crippen LogP contribution in [0, 0.1) is 6.92 Å². The van der Waals surface area contributed by atoms with E-state index in [0.717, 1.165) is 10.0 Å². The zero-order chi connectivity index (χ0) is 10.0. The molecule has 0 saturated carbocycles. The van der Waals surface area contributed by atoms with Crippen LogP contribution in [0.2, 0.25) is 0 Å². The van der Waals surface area contributed by atoms with Crippen molar-refractivity contribution >= 4 is 28.5 Å². The predicted octanol–water partition coefficient (Wildman–Crippen LogP) is 0.446. The lowest BCUT2D eigenvalue weighted by Crippen LogP contribution is -2.32. The van der Waals surface area contributed by atoms with Gasteiger partial charge >= 0.3 is 7.12 Å². The Kier molecular flexibility index (Phi) is 3.36. The molecule has 0 aliphatic heterocycles. The summed E-state index contributed by atoms with van der Waals surface area (Å²) >= 11 is 3.30. The molecule has 2 N–H and O–H groups in total. The van der Waals surface area contributed by atoms with E-state index >= 15 is 0 Å². The van der Waals surface area contributed by atoms with Crippen molar-refractivity contribution in [3.8, 4) is 5.75 Å². The van der Waals surface area contributed by atoms with Gasteiger partial charge in [-0.3, -0.25) is 0 Å². The lowest BCUT2D eigenvalue weighted by atomic mass is 9.77. The van der Waals surface area contributed by atoms with Crippen LogP contribution in [0.5, 0.6) is 5.75 Å². The fourth-order valence-electron chi connectivity index (χ4n) is 1.06. The predicted molar refractivity (Wildman–Crippen MR) is 55.3 cm³/mol. The van der Waals surface area contributed by atoms with Crippen LogP contribution in [0.1, 0.15) is 5.56 Å². The van der Waals surface area contributed by atoms with Gasteiger partial charge in [0.15, 0.2) is 0 Å². The Morgan fingerprint density at radius 1 is 1.38 bits per heavy atom. The lowest BCUT2D eigenvalue weighted by Gasteiger charge is -2.09. The Balaban J connectivity index is 3.25. The highest BCUT2D eigenvalue weighted by Crippen LogP contribution is 2.20. The summed E-state index contributed by atoms with van der Waals surface area (Å²) in [5.74, 6) is 0.598. The van der Waals surface area contributed by atoms with Crippen molar-refractivity contribution in [2.24, 2.45) is 0 Å². The first-order valence-electron chi connectivity index (χ1n) is 3.76. The Bertz CT molecular complexity index is 315. The standard InChI is InChI=1S/C8H10BBrO3/c1-5-7(9(11)12)3-6(13-2)4-8(5)10/h3-4,11-12H,1-2H3. The van der Waals surface area contributed by atoms with E-state index in [1.54, 1.807) is 19.1 Å². The monoisotopic (exact) mass is 244 g/mol. The Morgan fingerprint density at radius 3 is 2.46 bits per heavy atom. The minimum absolute atomic E-state index is 0.450. The highest BCUT2D eigenvalue weighted by molar-refractivity contribution is 9.10. The molecule has 1 aromatic rings. The summed E-state index contributed by atoms with van der Waals surface area (Å²) in [7, 11) is 0.0661. The maximum atomic E-state index is 9.03. The van der Waals surface area contributed by atoms with Gasteiger partial charge in [-0.05, 0) is 30.1 Å². The number of methoxy groups -OCH3 is 1. The van der Waals surface area contributed by atoms with Gasteiger partial charge in [-0.25, -0.2) is 0 Å². The van der Waals surface area contributed by atoms with E-state index in [-0.39, 0.29) is 0 Å². The van der Waals surface area contributed by atoms with Gasteiger partial charge in [-0.15, -0.1) is 0 Å². The second kappa shape index (κ2) is 4.13. The van der Waals surface area contributed by atoms with Crippen LogP contribution >= 0.6 is 15.9 Å². The third-order valence-corrected chi connectivity index (χ3v) is 2.70. The van der Waals surface area contributed by atoms with Crippen molar-refractivity contribution in [1.82, 2.24) is 0 Å². The maximum Gasteiger partial charge on any atom is 0.488 e. The van der Waals surface area contributed by atoms with Gasteiger partial charge in [0.25, 0.3) is 0 Å². The molecule has 0 amide bonds. The zero-order valence-electron chi connectivity index (χ0n) is 7.41. The van der Waals surface area contributed by atoms with Crippen LogP contribution in [0.4, 0.5) is 0 Å². The first-order valence-corrected chi connectivity index (χ1v) is 4.55. The molecule has 0 heterocycles. The first-order chi connectivity index (χ1) is 6.06. The van der Waals surface area contributed by atoms with E-state index < -0.39 is 7.12 Å². The van der Waals surface area contributed by atoms with E-state index in [4.69, 9.17) is 14.8 Å². The van der Waals surface area contributed by atoms with Crippen molar-refractivity contribution in [2.75, 3.05) is 7.11 Å². The summed E-state index contributed by atoms with van der Waals surface area (Å²) in [6.07, 6.45) is 0. The number of benzene rings is 1. The topological polar surface area (TPSA) is 49.7 Å². The molecular formula is C8H10BBrO3. The van der Waals surface area contributed by atoms with E-state index in [9.17, 15) is 0 Å². The quantitative estimate of drug-likeness (QED) is 0.743. The molecule has 70 valence electrons. The number of hydrogen-bond donors (Lipinski definition) is 2. The minimum Gasteiger partial charge on any atom is -0.497 e. The van der Waals surface area contributed by atoms with Gasteiger partial charge in [0.1, 0.15) is 5.75 Å². The van der Waals surface area contributed by atoms with E-state index in [2.05, 4.69) is 15.9 Å². The van der Waals surface area contributed by atoms with Crippen LogP contribution in [0.15, 0.2) is 16.6 Å². The Labute approximate surface area is 85.6 Å². The van der Waals surface area contributed by atoms with Crippen molar-refractivity contribution in [2.45, 2.75) is 6.92 Å². The van der Waals surface area contributed by atoms with Crippen molar-refractivity contribution in [3.63, 3.8) is 0 Å². The summed E-state index contributed by atoms with van der Waals surface area (Å²) in [5, 5.41) is 18.1. The maximum absolute atomic E-state index is 9.03. The molecular weight excluding hydrogens is 235 g/mol. The Morgan fingerprint density at radius 2 is 2.00 bits per heavy atom. The smallest absolute Gasteiger partial charge is 0.488 e. The second-order valence-electron chi connectivity index (χ2n) is 2.70. The van der Waals surface area contributed by atoms with Gasteiger partial charge in [0, 0.05) is 4.47 Å². The molecule has 3 nitrogen and oxygen atoms in total. The third-order valence-electron chi connectivity index (χ3n) is 1.87. The van der Waals surface area contributed by atoms with Crippen molar-refractivity contribution in [3.05, 3.63) is 22.2 Å².